The summed E-state index contributed by atoms with van der Waals surface area (Å²) in [6.45, 7) is 5.93. The van der Waals surface area contributed by atoms with Crippen molar-refractivity contribution in [1.29, 1.82) is 0 Å². The Labute approximate surface area is 137 Å². The van der Waals surface area contributed by atoms with Gasteiger partial charge in [0.2, 0.25) is 0 Å². The fourth-order valence-corrected chi connectivity index (χ4v) is 2.92. The first-order valence-electron chi connectivity index (χ1n) is 8.00. The summed E-state index contributed by atoms with van der Waals surface area (Å²) in [7, 11) is 0. The van der Waals surface area contributed by atoms with E-state index in [-0.39, 0.29) is 12.5 Å². The Kier molecular flexibility index (Phi) is 4.51. The number of ether oxygens (including phenoxy) is 1. The molecule has 0 aliphatic carbocycles. The van der Waals surface area contributed by atoms with Crippen molar-refractivity contribution in [3.8, 4) is 5.75 Å². The number of rotatable bonds is 4. The summed E-state index contributed by atoms with van der Waals surface area (Å²) in [6.07, 6.45) is 0. The van der Waals surface area contributed by atoms with Gasteiger partial charge in [-0.25, -0.2) is 0 Å². The van der Waals surface area contributed by atoms with E-state index in [4.69, 9.17) is 4.74 Å². The second-order valence-corrected chi connectivity index (χ2v) is 5.92. The number of anilines is 2. The average Bonchev–Trinajstić information content (AvgIpc) is 2.59. The molecule has 0 bridgehead atoms. The van der Waals surface area contributed by atoms with Gasteiger partial charge >= 0.3 is 0 Å². The van der Waals surface area contributed by atoms with Gasteiger partial charge in [-0.3, -0.25) is 4.79 Å². The normalized spacial score (nSPS) is 13.9. The molecule has 0 spiro atoms. The summed E-state index contributed by atoms with van der Waals surface area (Å²) >= 11 is 0. The summed E-state index contributed by atoms with van der Waals surface area (Å²) in [4.78, 5) is 16.8. The highest BCUT2D eigenvalue weighted by atomic mass is 16.5. The van der Waals surface area contributed by atoms with Gasteiger partial charge in [-0.05, 0) is 38.1 Å². The molecule has 1 amide bonds. The monoisotopic (exact) mass is 310 g/mol. The van der Waals surface area contributed by atoms with Crippen LogP contribution < -0.4 is 14.5 Å². The van der Waals surface area contributed by atoms with E-state index in [0.717, 1.165) is 23.7 Å². The molecule has 3 rings (SSSR count). The minimum Gasteiger partial charge on any atom is -0.484 e. The highest BCUT2D eigenvalue weighted by molar-refractivity contribution is 5.98. The van der Waals surface area contributed by atoms with Gasteiger partial charge in [0.05, 0.1) is 11.4 Å². The zero-order valence-electron chi connectivity index (χ0n) is 13.6. The van der Waals surface area contributed by atoms with Crippen molar-refractivity contribution in [1.82, 2.24) is 0 Å². The van der Waals surface area contributed by atoms with Crippen LogP contribution in [-0.4, -0.2) is 31.6 Å². The Bertz CT molecular complexity index is 670. The van der Waals surface area contributed by atoms with E-state index in [1.54, 1.807) is 0 Å². The molecule has 0 atom stereocenters. The number of carbonyl (C=O) groups excluding carboxylic acids is 1. The van der Waals surface area contributed by atoms with Crippen molar-refractivity contribution < 1.29 is 9.53 Å². The number of carbonyl (C=O) groups is 1. The molecule has 0 fully saturated rings. The molecule has 0 aromatic heterocycles. The fourth-order valence-electron chi connectivity index (χ4n) is 2.92. The topological polar surface area (TPSA) is 32.8 Å². The minimum atomic E-state index is -0.00953. The van der Waals surface area contributed by atoms with Gasteiger partial charge in [-0.15, -0.1) is 0 Å². The number of fused-ring (bicyclic) bond motifs is 1. The summed E-state index contributed by atoms with van der Waals surface area (Å²) in [5.74, 6) is 0.708. The second kappa shape index (κ2) is 6.73. The van der Waals surface area contributed by atoms with Crippen molar-refractivity contribution >= 4 is 17.3 Å². The molecule has 23 heavy (non-hydrogen) atoms. The van der Waals surface area contributed by atoms with Crippen LogP contribution in [-0.2, 0) is 4.79 Å². The third-order valence-corrected chi connectivity index (χ3v) is 4.08. The maximum atomic E-state index is 12.6. The predicted octanol–water partition coefficient (Wildman–Crippen LogP) is 3.33. The van der Waals surface area contributed by atoms with Crippen molar-refractivity contribution in [2.45, 2.75) is 19.9 Å². The predicted molar refractivity (Wildman–Crippen MR) is 93.2 cm³/mol. The van der Waals surface area contributed by atoms with Crippen LogP contribution in [0.4, 0.5) is 11.4 Å². The number of hydrogen-bond donors (Lipinski definition) is 0. The summed E-state index contributed by atoms with van der Waals surface area (Å²) in [5, 5.41) is 0. The van der Waals surface area contributed by atoms with Gasteiger partial charge in [0.25, 0.3) is 5.91 Å². The number of benzene rings is 2. The third-order valence-electron chi connectivity index (χ3n) is 4.08. The maximum Gasteiger partial charge on any atom is 0.265 e. The van der Waals surface area contributed by atoms with Crippen LogP contribution in [0.3, 0.4) is 0 Å². The molecule has 4 heteroatoms. The summed E-state index contributed by atoms with van der Waals surface area (Å²) < 4.78 is 5.61. The zero-order chi connectivity index (χ0) is 16.2. The Balaban J connectivity index is 1.75. The van der Waals surface area contributed by atoms with Gasteiger partial charge in [-0.1, -0.05) is 30.3 Å². The van der Waals surface area contributed by atoms with Gasteiger partial charge < -0.3 is 14.5 Å². The molecule has 0 unspecified atom stereocenters. The van der Waals surface area contributed by atoms with Crippen LogP contribution in [0, 0.1) is 0 Å². The Hall–Kier alpha value is -2.49. The standard InChI is InChI=1S/C19H22N2O2/c1-15(2)20-12-13-21(18-11-7-6-10-17(18)20)19(22)14-23-16-8-4-3-5-9-16/h3-11,15H,12-14H2,1-2H3. The highest BCUT2D eigenvalue weighted by Crippen LogP contribution is 2.34. The van der Waals surface area contributed by atoms with Gasteiger partial charge in [-0.2, -0.15) is 0 Å². The van der Waals surface area contributed by atoms with Crippen molar-refractivity contribution in [2.24, 2.45) is 0 Å². The number of para-hydroxylation sites is 3. The largest absolute Gasteiger partial charge is 0.484 e. The van der Waals surface area contributed by atoms with Crippen molar-refractivity contribution in [2.75, 3.05) is 29.5 Å². The zero-order valence-corrected chi connectivity index (χ0v) is 13.6. The first-order chi connectivity index (χ1) is 11.2. The quantitative estimate of drug-likeness (QED) is 0.868. The van der Waals surface area contributed by atoms with E-state index in [1.807, 2.05) is 53.4 Å². The lowest BCUT2D eigenvalue weighted by Gasteiger charge is -2.39. The molecule has 1 aliphatic heterocycles. The van der Waals surface area contributed by atoms with Crippen LogP contribution in [0.2, 0.25) is 0 Å². The Morgan fingerprint density at radius 1 is 1.00 bits per heavy atom. The highest BCUT2D eigenvalue weighted by Gasteiger charge is 2.27. The van der Waals surface area contributed by atoms with Crippen LogP contribution in [0.5, 0.6) is 5.75 Å². The summed E-state index contributed by atoms with van der Waals surface area (Å²) in [5.41, 5.74) is 2.08. The van der Waals surface area contributed by atoms with Gasteiger partial charge in [0.1, 0.15) is 5.75 Å². The van der Waals surface area contributed by atoms with Gasteiger partial charge in [0.15, 0.2) is 6.61 Å². The Morgan fingerprint density at radius 2 is 1.65 bits per heavy atom. The van der Waals surface area contributed by atoms with Crippen molar-refractivity contribution in [3.05, 3.63) is 54.6 Å². The SMILES string of the molecule is CC(C)N1CCN(C(=O)COc2ccccc2)c2ccccc21. The lowest BCUT2D eigenvalue weighted by Crippen LogP contribution is -2.47. The number of hydrogen-bond acceptors (Lipinski definition) is 3. The van der Waals surface area contributed by atoms with Crippen LogP contribution >= 0.6 is 0 Å². The molecular formula is C19H22N2O2. The van der Waals surface area contributed by atoms with Gasteiger partial charge in [0, 0.05) is 19.1 Å². The van der Waals surface area contributed by atoms with Crippen molar-refractivity contribution in [3.63, 3.8) is 0 Å². The molecule has 0 saturated heterocycles. The van der Waals surface area contributed by atoms with E-state index >= 15 is 0 Å². The van der Waals surface area contributed by atoms with Crippen LogP contribution in [0.1, 0.15) is 13.8 Å². The average molecular weight is 310 g/mol. The second-order valence-electron chi connectivity index (χ2n) is 5.92. The summed E-state index contributed by atoms with van der Waals surface area (Å²) in [6, 6.07) is 17.9. The molecule has 120 valence electrons. The minimum absolute atomic E-state index is 0.00953. The lowest BCUT2D eigenvalue weighted by atomic mass is 10.1. The molecule has 2 aromatic carbocycles. The molecule has 0 N–H and O–H groups in total. The van der Waals surface area contributed by atoms with Crippen LogP contribution in [0.15, 0.2) is 54.6 Å². The van der Waals surface area contributed by atoms with E-state index in [9.17, 15) is 4.79 Å². The van der Waals surface area contributed by atoms with E-state index in [0.29, 0.717) is 12.6 Å². The maximum absolute atomic E-state index is 12.6. The third kappa shape index (κ3) is 3.31. The van der Waals surface area contributed by atoms with E-state index in [1.165, 1.54) is 0 Å². The first-order valence-corrected chi connectivity index (χ1v) is 8.00. The lowest BCUT2D eigenvalue weighted by molar-refractivity contribution is -0.120. The molecule has 1 heterocycles. The molecule has 4 nitrogen and oxygen atoms in total. The molecule has 1 aliphatic rings. The van der Waals surface area contributed by atoms with E-state index < -0.39 is 0 Å². The molecule has 0 saturated carbocycles. The molecule has 0 radical (unpaired) electrons. The smallest absolute Gasteiger partial charge is 0.265 e. The molecule has 2 aromatic rings. The first kappa shape index (κ1) is 15.4. The fraction of sp³-hybridized carbons (Fsp3) is 0.316. The van der Waals surface area contributed by atoms with E-state index in [2.05, 4.69) is 24.8 Å². The molecular weight excluding hydrogens is 288 g/mol. The number of amides is 1. The Morgan fingerprint density at radius 3 is 2.35 bits per heavy atom. The number of nitrogens with zero attached hydrogens (tertiary/aromatic N) is 2. The van der Waals surface area contributed by atoms with Crippen LogP contribution in [0.25, 0.3) is 0 Å².